The molecule has 6 rings (SSSR count). The minimum absolute atomic E-state index is 0.221. The van der Waals surface area contributed by atoms with Crippen molar-refractivity contribution < 1.29 is 239 Å². The van der Waals surface area contributed by atoms with Crippen LogP contribution in [-0.4, -0.2) is 362 Å². The molecule has 55 nitrogen and oxygen atoms in total. The number of carboxylic acid groups (broad SMARTS) is 3. The third kappa shape index (κ3) is 23.4. The quantitative estimate of drug-likeness (QED) is 0.0287. The normalized spacial score (nSPS) is 39.0. The summed E-state index contributed by atoms with van der Waals surface area (Å²) in [7, 11) is -40.9. The number of aliphatic carboxylic acids is 3. The molecule has 28 unspecified atom stereocenters. The molecule has 5 fully saturated rings. The maximum absolute atomic E-state index is 13.1. The van der Waals surface area contributed by atoms with E-state index >= 15 is 0 Å². The Morgan fingerprint density at radius 3 is 1.15 bits per heavy atom. The highest BCUT2D eigenvalue weighted by atomic mass is 32.3. The van der Waals surface area contributed by atoms with Crippen molar-refractivity contribution in [1.29, 1.82) is 0 Å². The van der Waals surface area contributed by atoms with Gasteiger partial charge in [-0.15, -0.1) is 0 Å². The number of carbonyl (C=O) groups excluding carboxylic acids is 1. The standard InChI is InChI=1S/C38H59N3O52S7/c1-6(42)39-12-15(44)22(9(81-33(12)56)3-78-96(63,64)65)85-36-19(48)18(47)25(28(90-36)31(52)53)88-34-13(40-94(57,58)59)17(46)24(11(83-34)5-80-98(69,70)71)87-38-27(93-100(75,76)77)20(49)26(29(91-38)32(54)55)89-35-14(41-95(60,61)62)16(45)23(10(84-35)4-79-97(66,67)68)86-37-21(92-99(72,73)74)7(43)2-8(82-37)30(50)51/h2,7,9-29,33-38,40-41,43-49,56H,3-5H2,1H3,(H,39,42)(H,50,51)(H,52,53)(H,54,55)(H,57,58,59)(H,60,61,62)(H,63,64,65)(H,66,67,68)(H,69,70,71)(H,72,73,74)(H,75,76,77). The van der Waals surface area contributed by atoms with Gasteiger partial charge in [0.05, 0.1) is 19.8 Å². The molecule has 0 aliphatic carbocycles. The summed E-state index contributed by atoms with van der Waals surface area (Å²) in [4.78, 5) is 49.7. The second-order valence-electron chi connectivity index (χ2n) is 21.0. The zero-order chi connectivity index (χ0) is 75.8. The van der Waals surface area contributed by atoms with Crippen molar-refractivity contribution in [3.63, 3.8) is 0 Å². The van der Waals surface area contributed by atoms with Crippen molar-refractivity contribution in [2.45, 2.75) is 179 Å². The van der Waals surface area contributed by atoms with E-state index in [1.165, 1.54) is 9.44 Å². The first kappa shape index (κ1) is 84.7. The van der Waals surface area contributed by atoms with Gasteiger partial charge in [-0.2, -0.15) is 68.4 Å². The van der Waals surface area contributed by atoms with Crippen LogP contribution in [-0.2, 0) is 165 Å². The van der Waals surface area contributed by atoms with Crippen LogP contribution in [0.2, 0.25) is 0 Å². The predicted octanol–water partition coefficient (Wildman–Crippen LogP) is -14.6. The van der Waals surface area contributed by atoms with E-state index in [2.05, 4.69) is 20.9 Å². The molecule has 100 heavy (non-hydrogen) atoms. The number of aliphatic hydroxyl groups excluding tert-OH is 8. The molecule has 0 spiro atoms. The Balaban J connectivity index is 1.37. The topological polar surface area (TPSA) is 855 Å². The summed E-state index contributed by atoms with van der Waals surface area (Å²) in [6.45, 7) is -4.27. The summed E-state index contributed by atoms with van der Waals surface area (Å²) in [5, 5.41) is 123. The van der Waals surface area contributed by atoms with Gasteiger partial charge in [0.2, 0.25) is 18.0 Å². The van der Waals surface area contributed by atoms with Gasteiger partial charge in [-0.1, -0.05) is 0 Å². The summed E-state index contributed by atoms with van der Waals surface area (Å²) >= 11 is 0. The number of carbonyl (C=O) groups is 4. The van der Waals surface area contributed by atoms with E-state index in [1.807, 2.05) is 5.32 Å². The van der Waals surface area contributed by atoms with Crippen molar-refractivity contribution in [3.8, 4) is 0 Å². The summed E-state index contributed by atoms with van der Waals surface area (Å²) in [6, 6.07) is -7.87. The fourth-order valence-corrected chi connectivity index (χ4v) is 13.2. The SMILES string of the molecule is CC(=O)NC1C(O)OC(COS(=O)(=O)O)C(OC2OC(C(=O)O)C(OC3OC(COS(=O)(=O)O)C(OC4OC(C(=O)O)C(OC5OC(COS(=O)(=O)O)C(OC6OC(C(=O)O)=CC(O)C6OS(=O)(=O)O)C(O)C5NS(=O)(=O)O)C(O)C4OS(=O)(=O)O)C(O)C3NS(=O)(=O)O)C(O)C2O)C1O. The van der Waals surface area contributed by atoms with Gasteiger partial charge >= 0.3 is 90.5 Å². The van der Waals surface area contributed by atoms with E-state index in [1.54, 1.807) is 0 Å². The Labute approximate surface area is 558 Å². The lowest BCUT2D eigenvalue weighted by Gasteiger charge is -2.50. The Morgan fingerprint density at radius 2 is 0.770 bits per heavy atom. The van der Waals surface area contributed by atoms with Gasteiger partial charge in [0, 0.05) is 6.92 Å². The molecule has 0 saturated carbocycles. The number of ether oxygens (including phenoxy) is 11. The molecule has 28 atom stereocenters. The highest BCUT2D eigenvalue weighted by Crippen LogP contribution is 2.39. The number of hydrogen-bond donors (Lipinski definition) is 21. The van der Waals surface area contributed by atoms with Crippen molar-refractivity contribution >= 4 is 96.4 Å². The number of carboxylic acids is 3. The lowest BCUT2D eigenvalue weighted by Crippen LogP contribution is -2.71. The molecule has 0 aromatic carbocycles. The molecular formula is C38H59N3O52S7. The maximum Gasteiger partial charge on any atom is 0.397 e. The first-order chi connectivity index (χ1) is 45.5. The molecule has 21 N–H and O–H groups in total. The van der Waals surface area contributed by atoms with Gasteiger partial charge in [-0.25, -0.2) is 35.3 Å². The molecule has 6 aliphatic rings. The predicted molar refractivity (Wildman–Crippen MR) is 288 cm³/mol. The molecule has 0 radical (unpaired) electrons. The van der Waals surface area contributed by atoms with Crippen LogP contribution in [0.3, 0.4) is 0 Å². The van der Waals surface area contributed by atoms with Crippen LogP contribution in [0.5, 0.6) is 0 Å². The lowest BCUT2D eigenvalue weighted by molar-refractivity contribution is -0.375. The Kier molecular flexibility index (Phi) is 27.7. The van der Waals surface area contributed by atoms with E-state index < -0.39 is 294 Å². The first-order valence-electron chi connectivity index (χ1n) is 26.5. The average Bonchev–Trinajstić information content (AvgIpc) is 0.752. The fourth-order valence-electron chi connectivity index (χ4n) is 10.1. The lowest BCUT2D eigenvalue weighted by atomic mass is 9.94. The van der Waals surface area contributed by atoms with Gasteiger partial charge in [0.1, 0.15) is 110 Å². The number of amides is 1. The van der Waals surface area contributed by atoms with Crippen molar-refractivity contribution in [2.24, 2.45) is 0 Å². The zero-order valence-electron chi connectivity index (χ0n) is 48.7. The molecule has 1 amide bonds. The van der Waals surface area contributed by atoms with Crippen LogP contribution in [0.15, 0.2) is 11.8 Å². The van der Waals surface area contributed by atoms with Crippen LogP contribution in [0, 0.1) is 0 Å². The second kappa shape index (κ2) is 32.7. The molecule has 0 aromatic heterocycles. The number of aliphatic hydroxyl groups is 8. The van der Waals surface area contributed by atoms with E-state index in [0.717, 1.165) is 6.92 Å². The minimum atomic E-state index is -6.26. The highest BCUT2D eigenvalue weighted by Gasteiger charge is 2.61. The third-order valence-electron chi connectivity index (χ3n) is 14.0. The Hall–Kier alpha value is -4.21. The van der Waals surface area contributed by atoms with Crippen molar-refractivity contribution in [1.82, 2.24) is 14.8 Å². The molecule has 5 saturated heterocycles. The van der Waals surface area contributed by atoms with E-state index in [-0.39, 0.29) is 6.08 Å². The van der Waals surface area contributed by atoms with Gasteiger partial charge in [-0.05, 0) is 6.08 Å². The summed E-state index contributed by atoms with van der Waals surface area (Å²) in [5.74, 6) is -9.31. The van der Waals surface area contributed by atoms with E-state index in [0.29, 0.717) is 0 Å². The number of rotatable bonds is 31. The van der Waals surface area contributed by atoms with E-state index in [9.17, 15) is 162 Å². The Morgan fingerprint density at radius 1 is 0.410 bits per heavy atom. The molecule has 6 aliphatic heterocycles. The van der Waals surface area contributed by atoms with E-state index in [4.69, 9.17) is 56.7 Å². The van der Waals surface area contributed by atoms with Crippen LogP contribution in [0.25, 0.3) is 0 Å². The second-order valence-corrected chi connectivity index (χ2v) is 28.8. The average molecular weight is 1610 g/mol. The molecule has 0 bridgehead atoms. The van der Waals surface area contributed by atoms with Crippen LogP contribution >= 0.6 is 0 Å². The summed E-state index contributed by atoms with van der Waals surface area (Å²) in [6.07, 6.45) is -70.8. The number of nitrogens with one attached hydrogen (secondary N) is 3. The maximum atomic E-state index is 13.1. The zero-order valence-corrected chi connectivity index (χ0v) is 54.4. The van der Waals surface area contributed by atoms with Gasteiger partial charge < -0.3 is 114 Å². The van der Waals surface area contributed by atoms with Gasteiger partial charge in [-0.3, -0.25) is 36.7 Å². The summed E-state index contributed by atoms with van der Waals surface area (Å²) < 4.78 is 319. The molecular weight excluding hydrogens is 1550 g/mol. The van der Waals surface area contributed by atoms with Crippen LogP contribution in [0.4, 0.5) is 0 Å². The fraction of sp³-hybridized carbons (Fsp3) is 0.842. The first-order valence-corrected chi connectivity index (χ1v) is 36.2. The van der Waals surface area contributed by atoms with Crippen LogP contribution in [0.1, 0.15) is 6.92 Å². The van der Waals surface area contributed by atoms with Gasteiger partial charge in [0.15, 0.2) is 55.9 Å². The smallest absolute Gasteiger partial charge is 0.397 e. The summed E-state index contributed by atoms with van der Waals surface area (Å²) in [5.41, 5.74) is 0. The van der Waals surface area contributed by atoms with Crippen molar-refractivity contribution in [3.05, 3.63) is 11.8 Å². The van der Waals surface area contributed by atoms with Crippen molar-refractivity contribution in [2.75, 3.05) is 19.8 Å². The Bertz CT molecular complexity index is 3790. The minimum Gasteiger partial charge on any atom is -0.479 e. The largest absolute Gasteiger partial charge is 0.479 e. The molecule has 62 heteroatoms. The monoisotopic (exact) mass is 1610 g/mol. The third-order valence-corrected chi connectivity index (χ3v) is 17.3. The molecule has 0 aromatic rings. The van der Waals surface area contributed by atoms with Gasteiger partial charge in [0.25, 0.3) is 0 Å². The van der Waals surface area contributed by atoms with Crippen LogP contribution < -0.4 is 14.8 Å². The molecule has 580 valence electrons. The number of hydrogen-bond acceptors (Lipinski definition) is 42. The molecule has 6 heterocycles. The highest BCUT2D eigenvalue weighted by molar-refractivity contribution is 7.84.